The van der Waals surface area contributed by atoms with E-state index in [2.05, 4.69) is 5.32 Å². The SMILES string of the molecule is O=C(N1CCCC1)N1CCC(C(=O)N2CCNCC2c2cccc(F)c2)CC1. The van der Waals surface area contributed by atoms with Gasteiger partial charge in [0.05, 0.1) is 6.04 Å². The van der Waals surface area contributed by atoms with Crippen LogP contribution in [0.5, 0.6) is 0 Å². The first-order valence-corrected chi connectivity index (χ1v) is 10.4. The number of carbonyl (C=O) groups is 2. The lowest BCUT2D eigenvalue weighted by Crippen LogP contribution is -2.53. The zero-order valence-corrected chi connectivity index (χ0v) is 16.3. The molecule has 3 aliphatic rings. The summed E-state index contributed by atoms with van der Waals surface area (Å²) in [6, 6.07) is 6.53. The molecule has 3 saturated heterocycles. The monoisotopic (exact) mass is 388 g/mol. The number of urea groups is 1. The third kappa shape index (κ3) is 3.99. The minimum Gasteiger partial charge on any atom is -0.333 e. The number of hydrogen-bond acceptors (Lipinski definition) is 3. The summed E-state index contributed by atoms with van der Waals surface area (Å²) in [6.45, 7) is 5.02. The summed E-state index contributed by atoms with van der Waals surface area (Å²) in [4.78, 5) is 31.5. The van der Waals surface area contributed by atoms with Crippen molar-refractivity contribution in [2.45, 2.75) is 31.7 Å². The Labute approximate surface area is 165 Å². The molecule has 4 rings (SSSR count). The molecule has 3 fully saturated rings. The van der Waals surface area contributed by atoms with Gasteiger partial charge in [-0.1, -0.05) is 12.1 Å². The van der Waals surface area contributed by atoms with E-state index in [0.717, 1.165) is 38.0 Å². The van der Waals surface area contributed by atoms with E-state index in [1.54, 1.807) is 6.07 Å². The average molecular weight is 388 g/mol. The molecule has 0 radical (unpaired) electrons. The number of likely N-dealkylation sites (tertiary alicyclic amines) is 2. The molecule has 152 valence electrons. The molecule has 3 amide bonds. The highest BCUT2D eigenvalue weighted by atomic mass is 19.1. The second-order valence-electron chi connectivity index (χ2n) is 8.04. The Morgan fingerprint density at radius 1 is 1.00 bits per heavy atom. The minimum absolute atomic E-state index is 0.0585. The van der Waals surface area contributed by atoms with Crippen LogP contribution < -0.4 is 5.32 Å². The minimum atomic E-state index is -0.274. The summed E-state index contributed by atoms with van der Waals surface area (Å²) >= 11 is 0. The summed E-state index contributed by atoms with van der Waals surface area (Å²) in [7, 11) is 0. The van der Waals surface area contributed by atoms with Crippen LogP contribution in [0.1, 0.15) is 37.3 Å². The smallest absolute Gasteiger partial charge is 0.319 e. The lowest BCUT2D eigenvalue weighted by atomic mass is 9.93. The Balaban J connectivity index is 1.39. The number of piperazine rings is 1. The predicted molar refractivity (Wildman–Crippen MR) is 104 cm³/mol. The van der Waals surface area contributed by atoms with E-state index in [4.69, 9.17) is 0 Å². The van der Waals surface area contributed by atoms with Crippen molar-refractivity contribution in [3.63, 3.8) is 0 Å². The molecule has 3 heterocycles. The molecule has 0 saturated carbocycles. The molecule has 28 heavy (non-hydrogen) atoms. The van der Waals surface area contributed by atoms with Crippen molar-refractivity contribution in [1.29, 1.82) is 0 Å². The van der Waals surface area contributed by atoms with Crippen LogP contribution in [0.3, 0.4) is 0 Å². The normalized spacial score (nSPS) is 23.9. The second kappa shape index (κ2) is 8.47. The fraction of sp³-hybridized carbons (Fsp3) is 0.619. The standard InChI is InChI=1S/C21H29FN4O2/c22-18-5-3-4-17(14-18)19-15-23-8-13-26(19)20(27)16-6-11-25(12-7-16)21(28)24-9-1-2-10-24/h3-5,14,16,19,23H,1-2,6-13,15H2. The summed E-state index contributed by atoms with van der Waals surface area (Å²) in [5.74, 6) is -0.190. The van der Waals surface area contributed by atoms with Gasteiger partial charge in [-0.3, -0.25) is 4.79 Å². The Hall–Kier alpha value is -2.15. The molecule has 3 aliphatic heterocycles. The molecule has 6 nitrogen and oxygen atoms in total. The average Bonchev–Trinajstić information content (AvgIpc) is 3.28. The fourth-order valence-electron chi connectivity index (χ4n) is 4.64. The zero-order chi connectivity index (χ0) is 19.5. The van der Waals surface area contributed by atoms with E-state index >= 15 is 0 Å². The van der Waals surface area contributed by atoms with Crippen LogP contribution in [0.15, 0.2) is 24.3 Å². The first-order valence-electron chi connectivity index (χ1n) is 10.4. The molecular weight excluding hydrogens is 359 g/mol. The Bertz CT molecular complexity index is 714. The molecule has 7 heteroatoms. The lowest BCUT2D eigenvalue weighted by Gasteiger charge is -2.41. The number of amides is 3. The van der Waals surface area contributed by atoms with Gasteiger partial charge < -0.3 is 20.0 Å². The maximum absolute atomic E-state index is 13.7. The van der Waals surface area contributed by atoms with Crippen molar-refractivity contribution < 1.29 is 14.0 Å². The lowest BCUT2D eigenvalue weighted by molar-refractivity contribution is -0.140. The highest BCUT2D eigenvalue weighted by Crippen LogP contribution is 2.28. The summed E-state index contributed by atoms with van der Waals surface area (Å²) in [6.07, 6.45) is 3.59. The van der Waals surface area contributed by atoms with E-state index in [9.17, 15) is 14.0 Å². The molecule has 0 aromatic heterocycles. The van der Waals surface area contributed by atoms with Crippen molar-refractivity contribution >= 4 is 11.9 Å². The van der Waals surface area contributed by atoms with Crippen molar-refractivity contribution in [3.8, 4) is 0 Å². The van der Waals surface area contributed by atoms with Crippen LogP contribution in [0, 0.1) is 11.7 Å². The van der Waals surface area contributed by atoms with E-state index in [-0.39, 0.29) is 29.7 Å². The van der Waals surface area contributed by atoms with Gasteiger partial charge in [-0.15, -0.1) is 0 Å². The number of nitrogens with zero attached hydrogens (tertiary/aromatic N) is 3. The van der Waals surface area contributed by atoms with Gasteiger partial charge in [0.2, 0.25) is 5.91 Å². The summed E-state index contributed by atoms with van der Waals surface area (Å²) in [5.41, 5.74) is 0.835. The highest BCUT2D eigenvalue weighted by molar-refractivity contribution is 5.80. The van der Waals surface area contributed by atoms with Crippen LogP contribution in [0.2, 0.25) is 0 Å². The van der Waals surface area contributed by atoms with Gasteiger partial charge >= 0.3 is 6.03 Å². The third-order valence-corrected chi connectivity index (χ3v) is 6.25. The van der Waals surface area contributed by atoms with E-state index in [0.29, 0.717) is 39.0 Å². The van der Waals surface area contributed by atoms with Crippen LogP contribution in [-0.4, -0.2) is 72.5 Å². The number of rotatable bonds is 2. The van der Waals surface area contributed by atoms with Crippen LogP contribution >= 0.6 is 0 Å². The molecule has 0 spiro atoms. The zero-order valence-electron chi connectivity index (χ0n) is 16.3. The third-order valence-electron chi connectivity index (χ3n) is 6.25. The highest BCUT2D eigenvalue weighted by Gasteiger charge is 2.36. The van der Waals surface area contributed by atoms with Crippen molar-refractivity contribution in [1.82, 2.24) is 20.0 Å². The largest absolute Gasteiger partial charge is 0.333 e. The molecule has 0 aliphatic carbocycles. The number of carbonyl (C=O) groups excluding carboxylic acids is 2. The van der Waals surface area contributed by atoms with Crippen molar-refractivity contribution in [3.05, 3.63) is 35.6 Å². The van der Waals surface area contributed by atoms with Gasteiger partial charge in [0.15, 0.2) is 0 Å². The van der Waals surface area contributed by atoms with Gasteiger partial charge in [0.25, 0.3) is 0 Å². The molecule has 1 aromatic rings. The van der Waals surface area contributed by atoms with Gasteiger partial charge in [-0.25, -0.2) is 9.18 Å². The number of hydrogen-bond donors (Lipinski definition) is 1. The molecule has 1 atom stereocenters. The summed E-state index contributed by atoms with van der Waals surface area (Å²) in [5, 5.41) is 3.32. The van der Waals surface area contributed by atoms with E-state index in [1.165, 1.54) is 12.1 Å². The van der Waals surface area contributed by atoms with Gasteiger partial charge in [-0.2, -0.15) is 0 Å². The first-order chi connectivity index (χ1) is 13.6. The Kier molecular flexibility index (Phi) is 5.80. The maximum atomic E-state index is 13.7. The number of nitrogens with one attached hydrogen (secondary N) is 1. The Morgan fingerprint density at radius 2 is 1.71 bits per heavy atom. The maximum Gasteiger partial charge on any atom is 0.319 e. The topological polar surface area (TPSA) is 55.9 Å². The number of piperidine rings is 1. The van der Waals surface area contributed by atoms with Crippen LogP contribution in [-0.2, 0) is 4.79 Å². The van der Waals surface area contributed by atoms with Gasteiger partial charge in [0, 0.05) is 51.7 Å². The van der Waals surface area contributed by atoms with Gasteiger partial charge in [0.1, 0.15) is 5.82 Å². The number of halogens is 1. The predicted octanol–water partition coefficient (Wildman–Crippen LogP) is 2.23. The van der Waals surface area contributed by atoms with Gasteiger partial charge in [-0.05, 0) is 43.4 Å². The summed E-state index contributed by atoms with van der Waals surface area (Å²) < 4.78 is 13.7. The second-order valence-corrected chi connectivity index (χ2v) is 8.04. The van der Waals surface area contributed by atoms with Crippen molar-refractivity contribution in [2.24, 2.45) is 5.92 Å². The molecule has 0 bridgehead atoms. The first kappa shape index (κ1) is 19.2. The van der Waals surface area contributed by atoms with E-state index in [1.807, 2.05) is 20.8 Å². The fourth-order valence-corrected chi connectivity index (χ4v) is 4.64. The molecule has 1 unspecified atom stereocenters. The molecular formula is C21H29FN4O2. The quantitative estimate of drug-likeness (QED) is 0.845. The molecule has 1 N–H and O–H groups in total. The Morgan fingerprint density at radius 3 is 2.43 bits per heavy atom. The molecule has 1 aromatic carbocycles. The van der Waals surface area contributed by atoms with Crippen molar-refractivity contribution in [2.75, 3.05) is 45.8 Å². The van der Waals surface area contributed by atoms with E-state index < -0.39 is 0 Å². The van der Waals surface area contributed by atoms with Crippen LogP contribution in [0.4, 0.5) is 9.18 Å². The van der Waals surface area contributed by atoms with Crippen LogP contribution in [0.25, 0.3) is 0 Å². The number of benzene rings is 1.